The molecule has 1 rings (SSSR count). The van der Waals surface area contributed by atoms with Gasteiger partial charge >= 0.3 is 18.0 Å². The number of carbonyl (C=O) groups excluding carboxylic acids is 5. The van der Waals surface area contributed by atoms with Gasteiger partial charge in [-0.05, 0) is 104 Å². The first-order valence-corrected chi connectivity index (χ1v) is 22.7. The minimum Gasteiger partial charge on any atom is -0.544 e. The van der Waals surface area contributed by atoms with E-state index in [4.69, 9.17) is 18.6 Å². The summed E-state index contributed by atoms with van der Waals surface area (Å²) in [4.78, 5) is 67.6. The van der Waals surface area contributed by atoms with E-state index in [0.717, 1.165) is 16.9 Å². The fraction of sp³-hybridized carbons (Fsp3) is 0.698. The molecule has 0 saturated carbocycles. The molecule has 0 heterocycles. The van der Waals surface area contributed by atoms with Crippen LogP contribution in [0.15, 0.2) is 35.9 Å². The zero-order valence-corrected chi connectivity index (χ0v) is 38.6. The number of nitrogens with zero attached hydrogens (tertiary/aromatic N) is 1. The van der Waals surface area contributed by atoms with Crippen molar-refractivity contribution in [3.05, 3.63) is 41.5 Å². The van der Waals surface area contributed by atoms with E-state index in [1.54, 1.807) is 34.6 Å². The third-order valence-corrected chi connectivity index (χ3v) is 13.8. The summed E-state index contributed by atoms with van der Waals surface area (Å²) in [5.41, 5.74) is 0.391. The summed E-state index contributed by atoms with van der Waals surface area (Å²) in [5, 5.41) is 5.42. The quantitative estimate of drug-likeness (QED) is 0.0692. The van der Waals surface area contributed by atoms with Crippen molar-refractivity contribution in [2.45, 2.75) is 164 Å². The molecule has 2 N–H and O–H groups in total. The van der Waals surface area contributed by atoms with Gasteiger partial charge < -0.3 is 34.2 Å². The third kappa shape index (κ3) is 17.5. The molecule has 0 aliphatic heterocycles. The van der Waals surface area contributed by atoms with Crippen molar-refractivity contribution in [3.63, 3.8) is 0 Å². The van der Waals surface area contributed by atoms with Crippen LogP contribution in [-0.4, -0.2) is 86.0 Å². The average Bonchev–Trinajstić information content (AvgIpc) is 3.02. The number of allylic oxidation sites excluding steroid dienone is 1. The summed E-state index contributed by atoms with van der Waals surface area (Å²) >= 11 is 0. The number of benzene rings is 1. The van der Waals surface area contributed by atoms with Crippen LogP contribution in [0.3, 0.4) is 0 Å². The average molecular weight is 804 g/mol. The van der Waals surface area contributed by atoms with Crippen LogP contribution in [-0.2, 0) is 39.8 Å². The number of likely N-dealkylation sites (N-methyl/N-ethyl adjacent to an activating group) is 1. The van der Waals surface area contributed by atoms with Gasteiger partial charge in [0.2, 0.25) is 20.1 Å². The number of nitrogens with one attached hydrogen (secondary N) is 2. The molecule has 0 aliphatic rings. The second-order valence-corrected chi connectivity index (χ2v) is 23.8. The van der Waals surface area contributed by atoms with Crippen LogP contribution in [0, 0.1) is 17.8 Å². The molecule has 0 spiro atoms. The molecule has 56 heavy (non-hydrogen) atoms. The van der Waals surface area contributed by atoms with E-state index in [9.17, 15) is 24.0 Å². The van der Waals surface area contributed by atoms with Gasteiger partial charge in [0.1, 0.15) is 35.1 Å². The minimum atomic E-state index is -2.09. The summed E-state index contributed by atoms with van der Waals surface area (Å²) < 4.78 is 23.0. The summed E-state index contributed by atoms with van der Waals surface area (Å²) in [5.74, 6) is -2.05. The third-order valence-electron chi connectivity index (χ3n) is 9.47. The molecule has 0 aromatic heterocycles. The fourth-order valence-corrected chi connectivity index (χ4v) is 6.43. The lowest BCUT2D eigenvalue weighted by molar-refractivity contribution is -0.159. The molecule has 0 fully saturated rings. The van der Waals surface area contributed by atoms with Crippen molar-refractivity contribution in [2.75, 3.05) is 13.7 Å². The van der Waals surface area contributed by atoms with Gasteiger partial charge in [-0.2, -0.15) is 0 Å². The Morgan fingerprint density at radius 1 is 0.804 bits per heavy atom. The van der Waals surface area contributed by atoms with Crippen molar-refractivity contribution >= 4 is 38.2 Å². The number of hydrogen-bond donors (Lipinski definition) is 2. The second kappa shape index (κ2) is 20.5. The highest BCUT2D eigenvalue weighted by molar-refractivity contribution is 6.74. The van der Waals surface area contributed by atoms with E-state index in [0.29, 0.717) is 6.42 Å². The standard InChI is InChI=1S/C43H73N3O9Si/c1-27(2)35(39(50)52-26-29(4)23-28(3)24-30(5)38(49)53-41(7,8)9)45-36(47)34(46(16)37(48)31(6)44-40(51)54-42(10,11)12)25-32-19-21-33(22-20-32)55-56(17,18)43(13,14)15/h19-23,27,29-31,34-35H,24-26H2,1-18H3,(H,44,51)(H,45,47)/b28-23+/t29-,30-,31-,34+,35-/m0/s1. The number of alkyl carbamates (subject to hydrolysis) is 1. The molecule has 0 bridgehead atoms. The predicted molar refractivity (Wildman–Crippen MR) is 224 cm³/mol. The molecule has 0 aliphatic carbocycles. The minimum absolute atomic E-state index is 0.00563. The SMILES string of the molecule is C/C(=C\[C@H](C)COC(=O)[C@@H](NC(=O)[C@@H](Cc1ccc(O[Si](C)(C)C(C)(C)C)cc1)N(C)C(=O)[C@H](C)NC(=O)OC(C)(C)C)C(C)C)C[C@H](C)C(=O)OC(C)(C)C. The Labute approximate surface area is 338 Å². The molecule has 0 radical (unpaired) electrons. The van der Waals surface area contributed by atoms with Crippen LogP contribution in [0.1, 0.15) is 116 Å². The number of ether oxygens (including phenoxy) is 3. The molecule has 0 saturated heterocycles. The topological polar surface area (TPSA) is 150 Å². The number of esters is 2. The fourth-order valence-electron chi connectivity index (χ4n) is 5.40. The predicted octanol–water partition coefficient (Wildman–Crippen LogP) is 7.99. The first-order chi connectivity index (χ1) is 25.3. The van der Waals surface area contributed by atoms with Gasteiger partial charge in [-0.15, -0.1) is 0 Å². The zero-order valence-electron chi connectivity index (χ0n) is 37.6. The van der Waals surface area contributed by atoms with Crippen LogP contribution in [0.5, 0.6) is 5.75 Å². The number of amides is 3. The molecule has 3 amide bonds. The monoisotopic (exact) mass is 804 g/mol. The van der Waals surface area contributed by atoms with Crippen LogP contribution in [0.2, 0.25) is 18.1 Å². The smallest absolute Gasteiger partial charge is 0.408 e. The molecular formula is C43H73N3O9Si. The Morgan fingerprint density at radius 3 is 1.82 bits per heavy atom. The van der Waals surface area contributed by atoms with Crippen molar-refractivity contribution in [1.82, 2.24) is 15.5 Å². The highest BCUT2D eigenvalue weighted by Crippen LogP contribution is 2.37. The van der Waals surface area contributed by atoms with Crippen LogP contribution in [0.4, 0.5) is 4.79 Å². The Bertz CT molecular complexity index is 1520. The Kier molecular flexibility index (Phi) is 18.4. The largest absolute Gasteiger partial charge is 0.544 e. The van der Waals surface area contributed by atoms with Gasteiger partial charge in [-0.25, -0.2) is 9.59 Å². The Balaban J connectivity index is 3.25. The van der Waals surface area contributed by atoms with E-state index in [1.807, 2.05) is 71.9 Å². The second-order valence-electron chi connectivity index (χ2n) is 19.0. The maximum Gasteiger partial charge on any atom is 0.408 e. The van der Waals surface area contributed by atoms with Crippen molar-refractivity contribution in [2.24, 2.45) is 17.8 Å². The van der Waals surface area contributed by atoms with Gasteiger partial charge in [-0.1, -0.05) is 72.2 Å². The van der Waals surface area contributed by atoms with Crippen LogP contribution < -0.4 is 15.1 Å². The molecule has 0 unspecified atom stereocenters. The first-order valence-electron chi connectivity index (χ1n) is 19.7. The zero-order chi connectivity index (χ0) is 43.6. The molecule has 1 aromatic rings. The van der Waals surface area contributed by atoms with Crippen LogP contribution >= 0.6 is 0 Å². The van der Waals surface area contributed by atoms with E-state index in [1.165, 1.54) is 18.9 Å². The summed E-state index contributed by atoms with van der Waals surface area (Å²) in [7, 11) is -0.596. The normalized spacial score (nSPS) is 15.4. The number of carbonyl (C=O) groups is 5. The number of hydrogen-bond acceptors (Lipinski definition) is 9. The molecule has 12 nitrogen and oxygen atoms in total. The lowest BCUT2D eigenvalue weighted by Gasteiger charge is -2.36. The summed E-state index contributed by atoms with van der Waals surface area (Å²) in [6.07, 6.45) is 1.83. The molecule has 1 aromatic carbocycles. The first kappa shape index (κ1) is 50.1. The van der Waals surface area contributed by atoms with Crippen molar-refractivity contribution in [3.8, 4) is 5.75 Å². The van der Waals surface area contributed by atoms with Crippen molar-refractivity contribution in [1.29, 1.82) is 0 Å². The Morgan fingerprint density at radius 2 is 1.34 bits per heavy atom. The van der Waals surface area contributed by atoms with Gasteiger partial charge in [0.15, 0.2) is 0 Å². The highest BCUT2D eigenvalue weighted by Gasteiger charge is 2.39. The summed E-state index contributed by atoms with van der Waals surface area (Å²) in [6, 6.07) is 4.39. The lowest BCUT2D eigenvalue weighted by atomic mass is 9.99. The number of rotatable bonds is 17. The van der Waals surface area contributed by atoms with E-state index in [-0.39, 0.29) is 41.8 Å². The van der Waals surface area contributed by atoms with Gasteiger partial charge in [-0.3, -0.25) is 14.4 Å². The molecular weight excluding hydrogens is 731 g/mol. The highest BCUT2D eigenvalue weighted by atomic mass is 28.4. The maximum atomic E-state index is 14.1. The van der Waals surface area contributed by atoms with Crippen molar-refractivity contribution < 1.29 is 42.6 Å². The van der Waals surface area contributed by atoms with E-state index >= 15 is 0 Å². The molecule has 318 valence electrons. The molecule has 13 heteroatoms. The van der Waals surface area contributed by atoms with Crippen LogP contribution in [0.25, 0.3) is 0 Å². The lowest BCUT2D eigenvalue weighted by Crippen LogP contribution is -2.57. The summed E-state index contributed by atoms with van der Waals surface area (Å²) in [6.45, 7) is 32.3. The molecule has 5 atom stereocenters. The van der Waals surface area contributed by atoms with Gasteiger partial charge in [0.25, 0.3) is 0 Å². The van der Waals surface area contributed by atoms with E-state index in [2.05, 4.69) is 44.5 Å². The maximum absolute atomic E-state index is 14.1. The Hall–Kier alpha value is -3.87. The van der Waals surface area contributed by atoms with E-state index < -0.39 is 61.5 Å². The van der Waals surface area contributed by atoms with Gasteiger partial charge in [0.05, 0.1) is 12.5 Å². The van der Waals surface area contributed by atoms with Gasteiger partial charge in [0, 0.05) is 19.4 Å².